The van der Waals surface area contributed by atoms with E-state index >= 15 is 0 Å². The minimum Gasteiger partial charge on any atom is -0.351 e. The maximum absolute atomic E-state index is 11.2. The van der Waals surface area contributed by atoms with E-state index < -0.39 is 0 Å². The summed E-state index contributed by atoms with van der Waals surface area (Å²) < 4.78 is 0. The van der Waals surface area contributed by atoms with Crippen molar-refractivity contribution < 1.29 is 4.79 Å². The van der Waals surface area contributed by atoms with Crippen molar-refractivity contribution in [2.24, 2.45) is 5.92 Å². The van der Waals surface area contributed by atoms with Crippen molar-refractivity contribution in [2.45, 2.75) is 36.4 Å². The number of amides is 1. The Morgan fingerprint density at radius 2 is 2.31 bits per heavy atom. The summed E-state index contributed by atoms with van der Waals surface area (Å²) in [7, 11) is 0. The molecule has 1 saturated carbocycles. The summed E-state index contributed by atoms with van der Waals surface area (Å²) >= 11 is 7.91. The van der Waals surface area contributed by atoms with Gasteiger partial charge >= 0.3 is 0 Å². The highest BCUT2D eigenvalue weighted by Gasteiger charge is 2.38. The first-order valence-corrected chi connectivity index (χ1v) is 6.20. The smallest absolute Gasteiger partial charge is 0.230 e. The van der Waals surface area contributed by atoms with Crippen LogP contribution in [-0.2, 0) is 4.79 Å². The van der Waals surface area contributed by atoms with E-state index in [2.05, 4.69) is 12.2 Å². The molecule has 1 aliphatic heterocycles. The van der Waals surface area contributed by atoms with Crippen molar-refractivity contribution in [3.05, 3.63) is 0 Å². The van der Waals surface area contributed by atoms with Crippen LogP contribution in [0.5, 0.6) is 0 Å². The summed E-state index contributed by atoms with van der Waals surface area (Å²) in [6, 6.07) is 0.362. The molecule has 4 atom stereocenters. The monoisotopic (exact) mass is 219 g/mol. The quantitative estimate of drug-likeness (QED) is 0.628. The van der Waals surface area contributed by atoms with E-state index in [1.165, 1.54) is 0 Å². The SMILES string of the molecule is CC1CC(Cl)CC2SCC(=O)NC12. The fourth-order valence-electron chi connectivity index (χ4n) is 2.23. The fraction of sp³-hybridized carbons (Fsp3) is 0.889. The molecular weight excluding hydrogens is 206 g/mol. The molecule has 4 unspecified atom stereocenters. The van der Waals surface area contributed by atoms with Gasteiger partial charge < -0.3 is 5.32 Å². The molecule has 2 rings (SSSR count). The zero-order valence-corrected chi connectivity index (χ0v) is 9.20. The number of halogens is 1. The van der Waals surface area contributed by atoms with Gasteiger partial charge in [0.05, 0.1) is 5.75 Å². The zero-order valence-electron chi connectivity index (χ0n) is 7.63. The van der Waals surface area contributed by atoms with Crippen LogP contribution in [0.2, 0.25) is 0 Å². The van der Waals surface area contributed by atoms with Crippen molar-refractivity contribution in [1.82, 2.24) is 5.32 Å². The number of alkyl halides is 1. The lowest BCUT2D eigenvalue weighted by atomic mass is 9.85. The van der Waals surface area contributed by atoms with Gasteiger partial charge in [-0.1, -0.05) is 6.92 Å². The van der Waals surface area contributed by atoms with Crippen LogP contribution >= 0.6 is 23.4 Å². The number of rotatable bonds is 0. The summed E-state index contributed by atoms with van der Waals surface area (Å²) in [6.07, 6.45) is 2.07. The first-order chi connectivity index (χ1) is 6.16. The molecule has 4 heteroatoms. The Kier molecular flexibility index (Phi) is 2.75. The summed E-state index contributed by atoms with van der Waals surface area (Å²) in [4.78, 5) is 11.2. The molecule has 1 aliphatic carbocycles. The van der Waals surface area contributed by atoms with Crippen LogP contribution in [0.3, 0.4) is 0 Å². The lowest BCUT2D eigenvalue weighted by Gasteiger charge is -2.41. The molecule has 1 amide bonds. The van der Waals surface area contributed by atoms with E-state index in [4.69, 9.17) is 11.6 Å². The van der Waals surface area contributed by atoms with Crippen LogP contribution in [-0.4, -0.2) is 28.3 Å². The molecule has 2 aliphatic rings. The minimum absolute atomic E-state index is 0.186. The number of carbonyl (C=O) groups is 1. The molecule has 1 saturated heterocycles. The van der Waals surface area contributed by atoms with Gasteiger partial charge in [-0.15, -0.1) is 23.4 Å². The van der Waals surface area contributed by atoms with E-state index in [9.17, 15) is 4.79 Å². The molecule has 0 spiro atoms. The highest BCUT2D eigenvalue weighted by atomic mass is 35.5. The minimum atomic E-state index is 0.186. The van der Waals surface area contributed by atoms with Crippen molar-refractivity contribution >= 4 is 29.3 Å². The van der Waals surface area contributed by atoms with E-state index in [-0.39, 0.29) is 5.91 Å². The van der Waals surface area contributed by atoms with Gasteiger partial charge in [0.25, 0.3) is 0 Å². The maximum Gasteiger partial charge on any atom is 0.230 e. The largest absolute Gasteiger partial charge is 0.351 e. The third-order valence-corrected chi connectivity index (χ3v) is 4.58. The molecule has 0 bridgehead atoms. The van der Waals surface area contributed by atoms with Crippen molar-refractivity contribution in [2.75, 3.05) is 5.75 Å². The number of thioether (sulfide) groups is 1. The average molecular weight is 220 g/mol. The van der Waals surface area contributed by atoms with Crippen LogP contribution in [0.25, 0.3) is 0 Å². The molecule has 0 radical (unpaired) electrons. The Morgan fingerprint density at radius 1 is 1.54 bits per heavy atom. The van der Waals surface area contributed by atoms with E-state index in [1.54, 1.807) is 11.8 Å². The molecule has 74 valence electrons. The van der Waals surface area contributed by atoms with Gasteiger partial charge in [-0.25, -0.2) is 0 Å². The molecule has 0 aromatic carbocycles. The third-order valence-electron chi connectivity index (χ3n) is 2.89. The Bertz CT molecular complexity index is 224. The summed E-state index contributed by atoms with van der Waals surface area (Å²) in [5, 5.41) is 3.92. The van der Waals surface area contributed by atoms with Gasteiger partial charge in [0.2, 0.25) is 5.91 Å². The van der Waals surface area contributed by atoms with E-state index in [0.717, 1.165) is 12.8 Å². The lowest BCUT2D eigenvalue weighted by molar-refractivity contribution is -0.120. The fourth-order valence-corrected chi connectivity index (χ4v) is 4.17. The Balaban J connectivity index is 2.06. The molecule has 2 fully saturated rings. The van der Waals surface area contributed by atoms with E-state index in [0.29, 0.717) is 28.3 Å². The maximum atomic E-state index is 11.2. The van der Waals surface area contributed by atoms with Gasteiger partial charge in [-0.3, -0.25) is 4.79 Å². The van der Waals surface area contributed by atoms with Gasteiger partial charge in [0, 0.05) is 16.7 Å². The standard InChI is InChI=1S/C9H14ClNOS/c1-5-2-6(10)3-7-9(5)11-8(12)4-13-7/h5-7,9H,2-4H2,1H3,(H,11,12). The highest BCUT2D eigenvalue weighted by molar-refractivity contribution is 8.00. The number of carbonyl (C=O) groups excluding carboxylic acids is 1. The van der Waals surface area contributed by atoms with Crippen LogP contribution in [0.15, 0.2) is 0 Å². The van der Waals surface area contributed by atoms with Crippen LogP contribution in [0.4, 0.5) is 0 Å². The molecule has 0 aromatic heterocycles. The van der Waals surface area contributed by atoms with Gasteiger partial charge in [0.15, 0.2) is 0 Å². The molecule has 1 heterocycles. The molecular formula is C9H14ClNOS. The van der Waals surface area contributed by atoms with Crippen molar-refractivity contribution in [1.29, 1.82) is 0 Å². The normalized spacial score (nSPS) is 45.2. The lowest BCUT2D eigenvalue weighted by Crippen LogP contribution is -2.54. The predicted molar refractivity (Wildman–Crippen MR) is 56.2 cm³/mol. The number of fused-ring (bicyclic) bond motifs is 1. The van der Waals surface area contributed by atoms with Gasteiger partial charge in [0.1, 0.15) is 0 Å². The second kappa shape index (κ2) is 3.70. The van der Waals surface area contributed by atoms with Gasteiger partial charge in [-0.05, 0) is 18.8 Å². The highest BCUT2D eigenvalue weighted by Crippen LogP contribution is 2.36. The average Bonchev–Trinajstić information content (AvgIpc) is 2.06. The molecule has 0 aromatic rings. The summed E-state index contributed by atoms with van der Waals surface area (Å²) in [5.41, 5.74) is 0. The summed E-state index contributed by atoms with van der Waals surface area (Å²) in [6.45, 7) is 2.18. The zero-order chi connectivity index (χ0) is 9.42. The van der Waals surface area contributed by atoms with E-state index in [1.807, 2.05) is 0 Å². The second-order valence-corrected chi connectivity index (χ2v) is 5.83. The Labute approximate surface area is 87.8 Å². The molecule has 13 heavy (non-hydrogen) atoms. The topological polar surface area (TPSA) is 29.1 Å². The first kappa shape index (κ1) is 9.66. The van der Waals surface area contributed by atoms with Crippen LogP contribution in [0, 0.1) is 5.92 Å². The number of hydrogen-bond acceptors (Lipinski definition) is 2. The Morgan fingerprint density at radius 3 is 3.08 bits per heavy atom. The second-order valence-electron chi connectivity index (χ2n) is 3.99. The van der Waals surface area contributed by atoms with Crippen LogP contribution < -0.4 is 5.32 Å². The Hall–Kier alpha value is 0.110. The molecule has 2 nitrogen and oxygen atoms in total. The number of hydrogen-bond donors (Lipinski definition) is 1. The first-order valence-electron chi connectivity index (χ1n) is 4.72. The van der Waals surface area contributed by atoms with Crippen molar-refractivity contribution in [3.63, 3.8) is 0 Å². The molecule has 1 N–H and O–H groups in total. The third kappa shape index (κ3) is 1.96. The van der Waals surface area contributed by atoms with Gasteiger partial charge in [-0.2, -0.15) is 0 Å². The number of nitrogens with one attached hydrogen (secondary N) is 1. The predicted octanol–water partition coefficient (Wildman–Crippen LogP) is 1.62. The summed E-state index contributed by atoms with van der Waals surface area (Å²) in [5.74, 6) is 1.32. The van der Waals surface area contributed by atoms with Crippen LogP contribution in [0.1, 0.15) is 19.8 Å². The van der Waals surface area contributed by atoms with Crippen molar-refractivity contribution in [3.8, 4) is 0 Å².